The highest BCUT2D eigenvalue weighted by atomic mass is 32.1. The molecule has 0 bridgehead atoms. The van der Waals surface area contributed by atoms with Crippen molar-refractivity contribution in [3.05, 3.63) is 58.7 Å². The van der Waals surface area contributed by atoms with Gasteiger partial charge in [-0.1, -0.05) is 6.07 Å². The SMILES string of the molecule is NC(=O)c1ccc(N2CCCCC2)c(NC(=O)c2cc3c(F)cccc3s2)c1. The van der Waals surface area contributed by atoms with Crippen molar-refractivity contribution in [1.29, 1.82) is 0 Å². The summed E-state index contributed by atoms with van der Waals surface area (Å²) < 4.78 is 14.7. The van der Waals surface area contributed by atoms with Crippen LogP contribution in [0.5, 0.6) is 0 Å². The average molecular weight is 397 g/mol. The number of hydrogen-bond acceptors (Lipinski definition) is 4. The van der Waals surface area contributed by atoms with E-state index in [4.69, 9.17) is 5.73 Å². The highest BCUT2D eigenvalue weighted by molar-refractivity contribution is 7.20. The Morgan fingerprint density at radius 3 is 2.57 bits per heavy atom. The maximum Gasteiger partial charge on any atom is 0.265 e. The number of anilines is 2. The largest absolute Gasteiger partial charge is 0.370 e. The summed E-state index contributed by atoms with van der Waals surface area (Å²) >= 11 is 1.23. The number of nitrogens with zero attached hydrogens (tertiary/aromatic N) is 1. The van der Waals surface area contributed by atoms with Gasteiger partial charge in [0.05, 0.1) is 16.3 Å². The van der Waals surface area contributed by atoms with Gasteiger partial charge in [0.1, 0.15) is 5.82 Å². The van der Waals surface area contributed by atoms with Crippen molar-refractivity contribution in [2.24, 2.45) is 5.73 Å². The number of carbonyl (C=O) groups excluding carboxylic acids is 2. The highest BCUT2D eigenvalue weighted by Crippen LogP contribution is 2.32. The number of piperidine rings is 1. The summed E-state index contributed by atoms with van der Waals surface area (Å²) in [6, 6.07) is 11.5. The van der Waals surface area contributed by atoms with Crippen molar-refractivity contribution in [2.75, 3.05) is 23.3 Å². The quantitative estimate of drug-likeness (QED) is 0.686. The monoisotopic (exact) mass is 397 g/mol. The molecule has 0 radical (unpaired) electrons. The van der Waals surface area contributed by atoms with Gasteiger partial charge in [-0.3, -0.25) is 9.59 Å². The summed E-state index contributed by atoms with van der Waals surface area (Å²) in [4.78, 5) is 27.1. The van der Waals surface area contributed by atoms with Crippen LogP contribution in [-0.2, 0) is 0 Å². The molecular formula is C21H20FN3O2S. The van der Waals surface area contributed by atoms with Crippen molar-refractivity contribution in [2.45, 2.75) is 19.3 Å². The third kappa shape index (κ3) is 3.57. The molecule has 2 heterocycles. The molecule has 4 rings (SSSR count). The van der Waals surface area contributed by atoms with Gasteiger partial charge in [-0.05, 0) is 55.7 Å². The Bertz CT molecular complexity index is 1060. The fourth-order valence-electron chi connectivity index (χ4n) is 3.52. The summed E-state index contributed by atoms with van der Waals surface area (Å²) in [6.07, 6.45) is 3.35. The van der Waals surface area contributed by atoms with Gasteiger partial charge >= 0.3 is 0 Å². The highest BCUT2D eigenvalue weighted by Gasteiger charge is 2.19. The first-order valence-electron chi connectivity index (χ1n) is 9.21. The van der Waals surface area contributed by atoms with Crippen molar-refractivity contribution in [3.8, 4) is 0 Å². The number of rotatable bonds is 4. The molecule has 0 atom stereocenters. The minimum absolute atomic E-state index is 0.332. The Hall–Kier alpha value is -2.93. The van der Waals surface area contributed by atoms with Gasteiger partial charge < -0.3 is 16.0 Å². The molecule has 0 saturated carbocycles. The maximum absolute atomic E-state index is 14.0. The smallest absolute Gasteiger partial charge is 0.265 e. The molecular weight excluding hydrogens is 377 g/mol. The van der Waals surface area contributed by atoms with Crippen LogP contribution in [0.25, 0.3) is 10.1 Å². The van der Waals surface area contributed by atoms with Crippen LogP contribution < -0.4 is 16.0 Å². The lowest BCUT2D eigenvalue weighted by atomic mass is 10.1. The molecule has 0 aliphatic carbocycles. The van der Waals surface area contributed by atoms with Crippen LogP contribution in [0.15, 0.2) is 42.5 Å². The summed E-state index contributed by atoms with van der Waals surface area (Å²) in [6.45, 7) is 1.79. The molecule has 1 aliphatic heterocycles. The van der Waals surface area contributed by atoms with E-state index in [1.165, 1.54) is 23.8 Å². The molecule has 1 aliphatic rings. The molecule has 2 aromatic carbocycles. The van der Waals surface area contributed by atoms with Crippen LogP contribution in [0.4, 0.5) is 15.8 Å². The predicted octanol–water partition coefficient (Wildman–Crippen LogP) is 4.38. The Morgan fingerprint density at radius 2 is 1.86 bits per heavy atom. The number of carbonyl (C=O) groups is 2. The number of hydrogen-bond donors (Lipinski definition) is 2. The molecule has 3 N–H and O–H groups in total. The second-order valence-electron chi connectivity index (χ2n) is 6.86. The van der Waals surface area contributed by atoms with Crippen molar-refractivity contribution in [3.63, 3.8) is 0 Å². The van der Waals surface area contributed by atoms with E-state index in [0.29, 0.717) is 26.2 Å². The Labute approximate surface area is 165 Å². The summed E-state index contributed by atoms with van der Waals surface area (Å²) in [5.41, 5.74) is 7.16. The van der Waals surface area contributed by atoms with E-state index in [-0.39, 0.29) is 11.7 Å². The van der Waals surface area contributed by atoms with Gasteiger partial charge in [-0.2, -0.15) is 0 Å². The van der Waals surface area contributed by atoms with E-state index in [1.807, 2.05) is 6.07 Å². The average Bonchev–Trinajstić information content (AvgIpc) is 3.14. The number of nitrogens with one attached hydrogen (secondary N) is 1. The van der Waals surface area contributed by atoms with Crippen LogP contribution in [0, 0.1) is 5.82 Å². The third-order valence-electron chi connectivity index (χ3n) is 4.96. The molecule has 3 aromatic rings. The normalized spacial score (nSPS) is 14.2. The lowest BCUT2D eigenvalue weighted by Crippen LogP contribution is -2.30. The number of amides is 2. The van der Waals surface area contributed by atoms with Gasteiger partial charge in [-0.15, -0.1) is 11.3 Å². The van der Waals surface area contributed by atoms with Crippen molar-refractivity contribution >= 4 is 44.6 Å². The lowest BCUT2D eigenvalue weighted by molar-refractivity contribution is 0.0996. The molecule has 1 saturated heterocycles. The first kappa shape index (κ1) is 18.4. The topological polar surface area (TPSA) is 75.4 Å². The lowest BCUT2D eigenvalue weighted by Gasteiger charge is -2.30. The van der Waals surface area contributed by atoms with E-state index in [0.717, 1.165) is 31.6 Å². The van der Waals surface area contributed by atoms with E-state index < -0.39 is 5.91 Å². The minimum atomic E-state index is -0.551. The first-order valence-corrected chi connectivity index (χ1v) is 10.0. The van der Waals surface area contributed by atoms with Crippen LogP contribution >= 0.6 is 11.3 Å². The van der Waals surface area contributed by atoms with Crippen LogP contribution in [-0.4, -0.2) is 24.9 Å². The molecule has 1 fully saturated rings. The molecule has 2 amide bonds. The Kier molecular flexibility index (Phi) is 5.00. The second-order valence-corrected chi connectivity index (χ2v) is 7.94. The van der Waals surface area contributed by atoms with Gasteiger partial charge in [0.15, 0.2) is 0 Å². The Morgan fingerprint density at radius 1 is 1.07 bits per heavy atom. The zero-order chi connectivity index (χ0) is 19.7. The van der Waals surface area contributed by atoms with E-state index in [9.17, 15) is 14.0 Å². The van der Waals surface area contributed by atoms with Gasteiger partial charge in [0, 0.05) is 28.7 Å². The van der Waals surface area contributed by atoms with Crippen LogP contribution in [0.3, 0.4) is 0 Å². The number of fused-ring (bicyclic) bond motifs is 1. The van der Waals surface area contributed by atoms with Gasteiger partial charge in [-0.25, -0.2) is 4.39 Å². The predicted molar refractivity (Wildman–Crippen MR) is 111 cm³/mol. The number of nitrogens with two attached hydrogens (primary N) is 1. The molecule has 144 valence electrons. The second kappa shape index (κ2) is 7.59. The molecule has 5 nitrogen and oxygen atoms in total. The van der Waals surface area contributed by atoms with E-state index in [1.54, 1.807) is 30.3 Å². The van der Waals surface area contributed by atoms with Crippen molar-refractivity contribution < 1.29 is 14.0 Å². The zero-order valence-electron chi connectivity index (χ0n) is 15.2. The summed E-state index contributed by atoms with van der Waals surface area (Å²) in [5.74, 6) is -1.23. The maximum atomic E-state index is 14.0. The number of benzene rings is 2. The van der Waals surface area contributed by atoms with Crippen LogP contribution in [0.2, 0.25) is 0 Å². The minimum Gasteiger partial charge on any atom is -0.370 e. The van der Waals surface area contributed by atoms with Crippen LogP contribution in [0.1, 0.15) is 39.3 Å². The zero-order valence-corrected chi connectivity index (χ0v) is 16.0. The molecule has 0 unspecified atom stereocenters. The molecule has 7 heteroatoms. The van der Waals surface area contributed by atoms with Crippen molar-refractivity contribution in [1.82, 2.24) is 0 Å². The van der Waals surface area contributed by atoms with E-state index in [2.05, 4.69) is 10.2 Å². The first-order chi connectivity index (χ1) is 13.5. The summed E-state index contributed by atoms with van der Waals surface area (Å²) in [5, 5.41) is 3.33. The van der Waals surface area contributed by atoms with Gasteiger partial charge in [0.2, 0.25) is 5.91 Å². The number of thiophene rings is 1. The fourth-order valence-corrected chi connectivity index (χ4v) is 4.49. The van der Waals surface area contributed by atoms with E-state index >= 15 is 0 Å². The van der Waals surface area contributed by atoms with Gasteiger partial charge in [0.25, 0.3) is 5.91 Å². The molecule has 28 heavy (non-hydrogen) atoms. The molecule has 0 spiro atoms. The fraction of sp³-hybridized carbons (Fsp3) is 0.238. The Balaban J connectivity index is 1.68. The third-order valence-corrected chi connectivity index (χ3v) is 6.06. The standard InChI is InChI=1S/C21H20FN3O2S/c22-15-5-4-6-18-14(15)12-19(28-18)21(27)24-16-11-13(20(23)26)7-8-17(16)25-9-2-1-3-10-25/h4-8,11-12H,1-3,9-10H2,(H2,23,26)(H,24,27). The molecule has 1 aromatic heterocycles. The summed E-state index contributed by atoms with van der Waals surface area (Å²) in [7, 11) is 0. The number of primary amides is 1. The number of halogens is 1.